The number of benzene rings is 1. The summed E-state index contributed by atoms with van der Waals surface area (Å²) in [6.07, 6.45) is 0. The van der Waals surface area contributed by atoms with Crippen molar-refractivity contribution in [2.45, 2.75) is 31.8 Å². The number of nitrogens with zero attached hydrogens (tertiary/aromatic N) is 3. The fourth-order valence-corrected chi connectivity index (χ4v) is 3.12. The van der Waals surface area contributed by atoms with E-state index >= 15 is 0 Å². The minimum Gasteiger partial charge on any atom is -0.394 e. The van der Waals surface area contributed by atoms with Gasteiger partial charge < -0.3 is 14.9 Å². The Morgan fingerprint density at radius 2 is 1.96 bits per heavy atom. The Bertz CT molecular complexity index is 707. The minimum atomic E-state index is -0.544. The van der Waals surface area contributed by atoms with Gasteiger partial charge in [0.1, 0.15) is 6.04 Å². The van der Waals surface area contributed by atoms with Crippen molar-refractivity contribution >= 4 is 5.91 Å². The van der Waals surface area contributed by atoms with Gasteiger partial charge in [-0.2, -0.15) is 5.26 Å². The summed E-state index contributed by atoms with van der Waals surface area (Å²) >= 11 is 0. The van der Waals surface area contributed by atoms with E-state index in [0.29, 0.717) is 5.92 Å². The quantitative estimate of drug-likeness (QED) is 0.843. The van der Waals surface area contributed by atoms with Gasteiger partial charge in [0.15, 0.2) is 0 Å². The third-order valence-corrected chi connectivity index (χ3v) is 4.27. The Morgan fingerprint density at radius 3 is 2.44 bits per heavy atom. The van der Waals surface area contributed by atoms with Gasteiger partial charge in [-0.25, -0.2) is 0 Å². The van der Waals surface area contributed by atoms with E-state index in [1.807, 2.05) is 38.1 Å². The predicted octanol–water partition coefficient (Wildman–Crippen LogP) is 1.43. The van der Waals surface area contributed by atoms with Crippen molar-refractivity contribution in [1.29, 1.82) is 5.26 Å². The maximum absolute atomic E-state index is 12.4. The van der Waals surface area contributed by atoms with E-state index in [2.05, 4.69) is 17.9 Å². The molecule has 0 aromatic heterocycles. The minimum absolute atomic E-state index is 0.133. The van der Waals surface area contributed by atoms with Gasteiger partial charge in [0.05, 0.1) is 25.3 Å². The smallest absolute Gasteiger partial charge is 0.238 e. The molecule has 1 aromatic carbocycles. The van der Waals surface area contributed by atoms with Crippen LogP contribution < -0.4 is 0 Å². The molecule has 1 saturated heterocycles. The molecule has 5 heteroatoms. The van der Waals surface area contributed by atoms with Crippen LogP contribution in [0.4, 0.5) is 0 Å². The first kappa shape index (κ1) is 19.0. The fourth-order valence-electron chi connectivity index (χ4n) is 3.12. The normalized spacial score (nSPS) is 22.2. The lowest BCUT2D eigenvalue weighted by molar-refractivity contribution is -0.147. The molecule has 1 fully saturated rings. The molecule has 0 aliphatic carbocycles. The van der Waals surface area contributed by atoms with Crippen LogP contribution in [0.2, 0.25) is 0 Å². The topological polar surface area (TPSA) is 67.6 Å². The molecule has 1 aliphatic rings. The fraction of sp³-hybridized carbons (Fsp3) is 0.500. The number of aliphatic hydroxyl groups is 1. The van der Waals surface area contributed by atoms with Crippen LogP contribution in [0.5, 0.6) is 0 Å². The average Bonchev–Trinajstić information content (AvgIpc) is 2.53. The Hall–Kier alpha value is -2.34. The summed E-state index contributed by atoms with van der Waals surface area (Å²) in [5, 5.41) is 19.3. The Balaban J connectivity index is 2.20. The largest absolute Gasteiger partial charge is 0.394 e. The van der Waals surface area contributed by atoms with Gasteiger partial charge in [-0.3, -0.25) is 4.79 Å². The van der Waals surface area contributed by atoms with Crippen molar-refractivity contribution in [2.24, 2.45) is 5.92 Å². The molecule has 1 aliphatic heterocycles. The number of amides is 1. The molecular formula is C20H25N3O2. The predicted molar refractivity (Wildman–Crippen MR) is 96.6 cm³/mol. The van der Waals surface area contributed by atoms with Gasteiger partial charge in [-0.15, -0.1) is 0 Å². The highest BCUT2D eigenvalue weighted by Gasteiger charge is 2.51. The SMILES string of the molecule is CC(C)C#Cc1ccc([C@H]2[C@H](C#N)N(C(=O)CN(C)C)[C@H]2CO)cc1. The molecule has 0 spiro atoms. The maximum atomic E-state index is 12.4. The molecule has 0 unspecified atom stereocenters. The number of hydrogen-bond donors (Lipinski definition) is 1. The summed E-state index contributed by atoms with van der Waals surface area (Å²) in [6, 6.07) is 9.06. The third kappa shape index (κ3) is 4.20. The number of hydrogen-bond acceptors (Lipinski definition) is 4. The number of carbonyl (C=O) groups is 1. The van der Waals surface area contributed by atoms with Crippen LogP contribution >= 0.6 is 0 Å². The lowest BCUT2D eigenvalue weighted by Crippen LogP contribution is -2.66. The van der Waals surface area contributed by atoms with Crippen LogP contribution in [0, 0.1) is 29.1 Å². The highest BCUT2D eigenvalue weighted by molar-refractivity contribution is 5.81. The third-order valence-electron chi connectivity index (χ3n) is 4.27. The van der Waals surface area contributed by atoms with Crippen LogP contribution in [0.15, 0.2) is 24.3 Å². The van der Waals surface area contributed by atoms with Crippen molar-refractivity contribution in [3.05, 3.63) is 35.4 Å². The molecular weight excluding hydrogens is 314 g/mol. The van der Waals surface area contributed by atoms with E-state index in [1.165, 1.54) is 4.90 Å². The summed E-state index contributed by atoms with van der Waals surface area (Å²) in [6.45, 7) is 4.15. The molecule has 0 bridgehead atoms. The first-order chi connectivity index (χ1) is 11.9. The Kier molecular flexibility index (Phi) is 6.20. The summed E-state index contributed by atoms with van der Waals surface area (Å²) in [4.78, 5) is 15.6. The van der Waals surface area contributed by atoms with Crippen LogP contribution in [0.25, 0.3) is 0 Å². The second-order valence-corrected chi connectivity index (χ2v) is 6.93. The van der Waals surface area contributed by atoms with Crippen molar-refractivity contribution in [1.82, 2.24) is 9.80 Å². The molecule has 132 valence electrons. The van der Waals surface area contributed by atoms with Gasteiger partial charge >= 0.3 is 0 Å². The monoisotopic (exact) mass is 339 g/mol. The molecule has 5 nitrogen and oxygen atoms in total. The number of carbonyl (C=O) groups excluding carboxylic acids is 1. The average molecular weight is 339 g/mol. The molecule has 1 N–H and O–H groups in total. The number of aliphatic hydroxyl groups excluding tert-OH is 1. The lowest BCUT2D eigenvalue weighted by atomic mass is 9.75. The summed E-state index contributed by atoms with van der Waals surface area (Å²) in [5.74, 6) is 6.23. The lowest BCUT2D eigenvalue weighted by Gasteiger charge is -2.51. The van der Waals surface area contributed by atoms with Gasteiger partial charge in [0.25, 0.3) is 0 Å². The van der Waals surface area contributed by atoms with E-state index in [0.717, 1.165) is 11.1 Å². The van der Waals surface area contributed by atoms with Crippen LogP contribution in [0.1, 0.15) is 30.9 Å². The molecule has 25 heavy (non-hydrogen) atoms. The first-order valence-electron chi connectivity index (χ1n) is 8.47. The zero-order chi connectivity index (χ0) is 18.6. The number of likely N-dealkylation sites (N-methyl/N-ethyl adjacent to an activating group) is 1. The number of likely N-dealkylation sites (tertiary alicyclic amines) is 1. The summed E-state index contributed by atoms with van der Waals surface area (Å²) in [7, 11) is 3.61. The van der Waals surface area contributed by atoms with Gasteiger partial charge in [0, 0.05) is 17.4 Å². The Morgan fingerprint density at radius 1 is 1.32 bits per heavy atom. The number of nitriles is 1. The summed E-state index contributed by atoms with van der Waals surface area (Å²) < 4.78 is 0. The van der Waals surface area contributed by atoms with Crippen molar-refractivity contribution in [3.8, 4) is 17.9 Å². The van der Waals surface area contributed by atoms with Gasteiger partial charge in [0.2, 0.25) is 5.91 Å². The molecule has 2 rings (SSSR count). The zero-order valence-corrected chi connectivity index (χ0v) is 15.2. The zero-order valence-electron chi connectivity index (χ0n) is 15.2. The number of rotatable bonds is 4. The standard InChI is InChI=1S/C20H25N3O2/c1-14(2)5-6-15-7-9-16(10-8-15)20-17(11-21)23(18(20)13-24)19(25)12-22(3)4/h7-10,14,17-18,20,24H,12-13H2,1-4H3/t17-,18-,20-/m0/s1. The van der Waals surface area contributed by atoms with Crippen LogP contribution in [-0.2, 0) is 4.79 Å². The Labute approximate surface area is 149 Å². The maximum Gasteiger partial charge on any atom is 0.238 e. The molecule has 1 heterocycles. The van der Waals surface area contributed by atoms with E-state index in [4.69, 9.17) is 0 Å². The second kappa shape index (κ2) is 8.16. The highest BCUT2D eigenvalue weighted by atomic mass is 16.3. The second-order valence-electron chi connectivity index (χ2n) is 6.93. The van der Waals surface area contributed by atoms with E-state index in [-0.39, 0.29) is 31.0 Å². The van der Waals surface area contributed by atoms with Crippen molar-refractivity contribution in [2.75, 3.05) is 27.2 Å². The van der Waals surface area contributed by atoms with E-state index < -0.39 is 6.04 Å². The van der Waals surface area contributed by atoms with Gasteiger partial charge in [-0.05, 0) is 31.8 Å². The van der Waals surface area contributed by atoms with Crippen molar-refractivity contribution < 1.29 is 9.90 Å². The highest BCUT2D eigenvalue weighted by Crippen LogP contribution is 2.40. The first-order valence-corrected chi connectivity index (χ1v) is 8.47. The molecule has 3 atom stereocenters. The van der Waals surface area contributed by atoms with Gasteiger partial charge in [-0.1, -0.05) is 37.8 Å². The summed E-state index contributed by atoms with van der Waals surface area (Å²) in [5.41, 5.74) is 1.88. The van der Waals surface area contributed by atoms with Crippen LogP contribution in [0.3, 0.4) is 0 Å². The van der Waals surface area contributed by atoms with Crippen LogP contribution in [-0.4, -0.2) is 60.1 Å². The van der Waals surface area contributed by atoms with Crippen molar-refractivity contribution in [3.63, 3.8) is 0 Å². The molecule has 1 aromatic rings. The molecule has 0 saturated carbocycles. The molecule has 1 amide bonds. The van der Waals surface area contributed by atoms with E-state index in [1.54, 1.807) is 19.0 Å². The van der Waals surface area contributed by atoms with E-state index in [9.17, 15) is 15.2 Å². The molecule has 0 radical (unpaired) electrons.